The Kier molecular flexibility index (Phi) is 11.0. The molecule has 6 heteroatoms. The lowest BCUT2D eigenvalue weighted by molar-refractivity contribution is 0.718. The highest BCUT2D eigenvalue weighted by atomic mass is 33.1. The van der Waals surface area contributed by atoms with Crippen LogP contribution in [0.25, 0.3) is 0 Å². The molecule has 2 aromatic heterocycles. The van der Waals surface area contributed by atoms with E-state index < -0.39 is 0 Å². The van der Waals surface area contributed by atoms with Crippen molar-refractivity contribution in [2.24, 2.45) is 0 Å². The Morgan fingerprint density at radius 2 is 1.19 bits per heavy atom. The number of aryl methyl sites for hydroxylation is 2. The molecule has 2 rings (SSSR count). The second-order valence-corrected chi connectivity index (χ2v) is 11.5. The van der Waals surface area contributed by atoms with E-state index in [1.54, 1.807) is 44.3 Å². The summed E-state index contributed by atoms with van der Waals surface area (Å²) in [6.45, 7) is 4.49. The van der Waals surface area contributed by atoms with E-state index in [1.807, 2.05) is 0 Å². The third kappa shape index (κ3) is 7.02. The fourth-order valence-corrected chi connectivity index (χ4v) is 7.82. The van der Waals surface area contributed by atoms with Crippen LogP contribution in [0.4, 0.5) is 0 Å². The highest BCUT2D eigenvalue weighted by Crippen LogP contribution is 2.36. The van der Waals surface area contributed by atoms with E-state index in [0.717, 1.165) is 21.2 Å². The molecule has 0 aliphatic rings. The van der Waals surface area contributed by atoms with Crippen molar-refractivity contribution in [1.82, 2.24) is 0 Å². The van der Waals surface area contributed by atoms with Crippen molar-refractivity contribution in [2.75, 3.05) is 0 Å². The van der Waals surface area contributed by atoms with Crippen LogP contribution in [0.3, 0.4) is 0 Å². The summed E-state index contributed by atoms with van der Waals surface area (Å²) in [6, 6.07) is 4.47. The van der Waals surface area contributed by atoms with E-state index in [9.17, 15) is 0 Å². The van der Waals surface area contributed by atoms with Gasteiger partial charge in [-0.25, -0.2) is 0 Å². The molecule has 0 aliphatic heterocycles. The number of thiophene rings is 2. The number of rotatable bonds is 10. The largest absolute Gasteiger partial charge is 0.142 e. The minimum Gasteiger partial charge on any atom is -0.142 e. The van der Waals surface area contributed by atoms with Crippen LogP contribution in [0, 0.1) is 0 Å². The van der Waals surface area contributed by atoms with Crippen LogP contribution in [-0.4, -0.2) is 8.39 Å². The highest BCUT2D eigenvalue weighted by molar-refractivity contribution is 8.90. The zero-order valence-corrected chi connectivity index (χ0v) is 20.3. The predicted octanol–water partition coefficient (Wildman–Crippen LogP) is 8.71. The fraction of sp³-hybridized carbons (Fsp3) is 0.500. The lowest BCUT2D eigenvalue weighted by atomic mass is 10.1. The van der Waals surface area contributed by atoms with Crippen molar-refractivity contribution in [3.05, 3.63) is 43.8 Å². The Morgan fingerprint density at radius 1 is 0.769 bits per heavy atom. The molecule has 0 saturated carbocycles. The fourth-order valence-electron chi connectivity index (χ4n) is 2.71. The Hall–Kier alpha value is 0.280. The van der Waals surface area contributed by atoms with Gasteiger partial charge in [-0.1, -0.05) is 64.0 Å². The number of thiocarbonyl (C=S) groups is 2. The van der Waals surface area contributed by atoms with Crippen LogP contribution >= 0.6 is 68.7 Å². The maximum atomic E-state index is 5.70. The Bertz CT molecular complexity index is 636. The van der Waals surface area contributed by atoms with E-state index >= 15 is 0 Å². The summed E-state index contributed by atoms with van der Waals surface area (Å²) in [7, 11) is 3.31. The Labute approximate surface area is 185 Å². The lowest BCUT2D eigenvalue weighted by Gasteiger charge is -2.07. The molecule has 142 valence electrons. The molecule has 0 unspecified atom stereocenters. The van der Waals surface area contributed by atoms with Gasteiger partial charge in [0.1, 0.15) is 0 Å². The summed E-state index contributed by atoms with van der Waals surface area (Å²) in [5.41, 5.74) is 2.81. The maximum Gasteiger partial charge on any atom is 0.0991 e. The minimum atomic E-state index is 0.975. The summed E-state index contributed by atoms with van der Waals surface area (Å²) < 4.78 is 1.95. The molecule has 0 N–H and O–H groups in total. The van der Waals surface area contributed by atoms with Crippen molar-refractivity contribution < 1.29 is 0 Å². The van der Waals surface area contributed by atoms with Gasteiger partial charge in [0, 0.05) is 0 Å². The van der Waals surface area contributed by atoms with E-state index in [0.29, 0.717) is 0 Å². The molecule has 0 amide bonds. The van der Waals surface area contributed by atoms with E-state index in [-0.39, 0.29) is 0 Å². The van der Waals surface area contributed by atoms with Crippen molar-refractivity contribution in [3.63, 3.8) is 0 Å². The maximum absolute atomic E-state index is 5.70. The molecular formula is C20H26S6. The summed E-state index contributed by atoms with van der Waals surface area (Å²) >= 11 is 14.9. The highest BCUT2D eigenvalue weighted by Gasteiger charge is 2.15. The number of unbranched alkanes of at least 4 members (excludes halogenated alkanes) is 4. The first-order valence-corrected chi connectivity index (χ1v) is 14.0. The summed E-state index contributed by atoms with van der Waals surface area (Å²) in [5.74, 6) is 0. The van der Waals surface area contributed by atoms with Gasteiger partial charge in [-0.2, -0.15) is 0 Å². The van der Waals surface area contributed by atoms with Gasteiger partial charge < -0.3 is 0 Å². The molecule has 0 atom stereocenters. The van der Waals surface area contributed by atoms with Crippen LogP contribution < -0.4 is 0 Å². The van der Waals surface area contributed by atoms with Gasteiger partial charge >= 0.3 is 0 Å². The van der Waals surface area contributed by atoms with Crippen molar-refractivity contribution in [2.45, 2.75) is 65.2 Å². The van der Waals surface area contributed by atoms with Gasteiger partial charge in [-0.3, -0.25) is 0 Å². The zero-order valence-electron chi connectivity index (χ0n) is 15.4. The average Bonchev–Trinajstić information content (AvgIpc) is 3.29. The smallest absolute Gasteiger partial charge is 0.0991 e. The number of hydrogen-bond acceptors (Lipinski definition) is 6. The normalized spacial score (nSPS) is 11.0. The third-order valence-corrected chi connectivity index (χ3v) is 10.2. The molecule has 26 heavy (non-hydrogen) atoms. The summed E-state index contributed by atoms with van der Waals surface area (Å²) in [4.78, 5) is 2.54. The first-order valence-electron chi connectivity index (χ1n) is 9.23. The monoisotopic (exact) mass is 458 g/mol. The van der Waals surface area contributed by atoms with Gasteiger partial charge in [-0.15, -0.1) is 22.7 Å². The first kappa shape index (κ1) is 22.6. The van der Waals surface area contributed by atoms with Gasteiger partial charge in [0.25, 0.3) is 0 Å². The molecule has 2 aromatic rings. The van der Waals surface area contributed by atoms with E-state index in [1.165, 1.54) is 59.4 Å². The SMILES string of the molecule is CCCCCc1ccsc1C(=S)SSC(=S)c1sccc1CCCCC. The minimum absolute atomic E-state index is 0.975. The molecule has 0 saturated heterocycles. The van der Waals surface area contributed by atoms with E-state index in [2.05, 4.69) is 36.7 Å². The molecule has 0 aliphatic carbocycles. The second kappa shape index (κ2) is 12.7. The first-order chi connectivity index (χ1) is 12.7. The molecular weight excluding hydrogens is 433 g/mol. The topological polar surface area (TPSA) is 0 Å². The Balaban J connectivity index is 1.89. The molecule has 0 fully saturated rings. The van der Waals surface area contributed by atoms with Gasteiger partial charge in [-0.05, 0) is 81.3 Å². The molecule has 0 radical (unpaired) electrons. The number of hydrogen-bond donors (Lipinski definition) is 0. The summed E-state index contributed by atoms with van der Waals surface area (Å²) in [5, 5.41) is 4.33. The lowest BCUT2D eigenvalue weighted by Crippen LogP contribution is -1.96. The van der Waals surface area contributed by atoms with Crippen molar-refractivity contribution >= 4 is 77.1 Å². The molecule has 0 aromatic carbocycles. The van der Waals surface area contributed by atoms with Crippen molar-refractivity contribution in [3.8, 4) is 0 Å². The second-order valence-electron chi connectivity index (χ2n) is 6.21. The van der Waals surface area contributed by atoms with Crippen LogP contribution in [0.5, 0.6) is 0 Å². The van der Waals surface area contributed by atoms with Crippen LogP contribution in [-0.2, 0) is 12.8 Å². The third-order valence-electron chi connectivity index (χ3n) is 4.16. The van der Waals surface area contributed by atoms with Gasteiger partial charge in [0.15, 0.2) is 0 Å². The molecule has 0 nitrogen and oxygen atoms in total. The zero-order chi connectivity index (χ0) is 18.8. The summed E-state index contributed by atoms with van der Waals surface area (Å²) in [6.07, 6.45) is 9.84. The predicted molar refractivity (Wildman–Crippen MR) is 134 cm³/mol. The molecule has 2 heterocycles. The molecule has 0 spiro atoms. The van der Waals surface area contributed by atoms with Gasteiger partial charge in [0.2, 0.25) is 0 Å². The van der Waals surface area contributed by atoms with Crippen molar-refractivity contribution in [1.29, 1.82) is 0 Å². The standard InChI is InChI=1S/C20H26S6/c1-3-5-7-9-15-11-13-23-17(15)19(21)25-26-20(22)18-16(12-14-24-18)10-8-6-4-2/h11-14H,3-10H2,1-2H3. The average molecular weight is 459 g/mol. The quantitative estimate of drug-likeness (QED) is 0.198. The van der Waals surface area contributed by atoms with Crippen LogP contribution in [0.1, 0.15) is 73.3 Å². The van der Waals surface area contributed by atoms with Gasteiger partial charge in [0.05, 0.1) is 18.1 Å². The van der Waals surface area contributed by atoms with E-state index in [4.69, 9.17) is 24.4 Å². The molecule has 0 bridgehead atoms. The van der Waals surface area contributed by atoms with Crippen LogP contribution in [0.15, 0.2) is 22.9 Å². The Morgan fingerprint density at radius 3 is 1.58 bits per heavy atom. The van der Waals surface area contributed by atoms with Crippen LogP contribution in [0.2, 0.25) is 0 Å².